The van der Waals surface area contributed by atoms with Crippen LogP contribution < -0.4 is 10.6 Å². The van der Waals surface area contributed by atoms with Gasteiger partial charge in [-0.2, -0.15) is 11.8 Å². The molecule has 28 heavy (non-hydrogen) atoms. The second-order valence-electron chi connectivity index (χ2n) is 6.36. The van der Waals surface area contributed by atoms with Crippen molar-refractivity contribution in [1.29, 1.82) is 0 Å². The molecular weight excluding hydrogens is 394 g/mol. The fraction of sp³-hybridized carbons (Fsp3) is 0.368. The van der Waals surface area contributed by atoms with Gasteiger partial charge >= 0.3 is 0 Å². The average molecular weight is 418 g/mol. The van der Waals surface area contributed by atoms with Crippen molar-refractivity contribution in [1.82, 2.24) is 25.2 Å². The predicted molar refractivity (Wildman–Crippen MR) is 112 cm³/mol. The molecule has 0 bridgehead atoms. The molecule has 0 aliphatic carbocycles. The average Bonchev–Trinajstić information content (AvgIpc) is 3.34. The molecule has 2 atom stereocenters. The minimum Gasteiger partial charge on any atom is -0.348 e. The molecule has 7 nitrogen and oxygen atoms in total. The van der Waals surface area contributed by atoms with Crippen molar-refractivity contribution in [3.8, 4) is 0 Å². The molecule has 2 unspecified atom stereocenters. The first kappa shape index (κ1) is 20.3. The van der Waals surface area contributed by atoms with E-state index in [1.807, 2.05) is 52.6 Å². The van der Waals surface area contributed by atoms with Crippen molar-refractivity contribution in [2.75, 3.05) is 12.0 Å². The number of carbonyl (C=O) groups excluding carboxylic acids is 2. The first-order chi connectivity index (χ1) is 13.6. The number of thiophene rings is 1. The first-order valence-corrected chi connectivity index (χ1v) is 11.2. The van der Waals surface area contributed by atoms with Gasteiger partial charge in [0.15, 0.2) is 11.5 Å². The molecule has 0 fully saturated rings. The Morgan fingerprint density at radius 2 is 2.04 bits per heavy atom. The van der Waals surface area contributed by atoms with E-state index < -0.39 is 0 Å². The molecule has 0 saturated heterocycles. The van der Waals surface area contributed by atoms with Crippen molar-refractivity contribution >= 4 is 40.6 Å². The molecule has 0 spiro atoms. The van der Waals surface area contributed by atoms with Crippen LogP contribution in [0.2, 0.25) is 0 Å². The molecule has 3 heterocycles. The highest BCUT2D eigenvalue weighted by molar-refractivity contribution is 7.98. The van der Waals surface area contributed by atoms with E-state index in [-0.39, 0.29) is 30.3 Å². The van der Waals surface area contributed by atoms with Crippen LogP contribution in [0.15, 0.2) is 41.9 Å². The molecule has 148 valence electrons. The SMILES string of the molecule is CSCCC(NC(=O)CC(NC(C)=O)c1cccs1)c1nnc2ccccn12. The number of fused-ring (bicyclic) bond motifs is 1. The molecule has 0 aromatic carbocycles. The van der Waals surface area contributed by atoms with E-state index in [1.165, 1.54) is 18.3 Å². The highest BCUT2D eigenvalue weighted by atomic mass is 32.2. The van der Waals surface area contributed by atoms with Gasteiger partial charge in [-0.1, -0.05) is 12.1 Å². The lowest BCUT2D eigenvalue weighted by Gasteiger charge is -2.20. The number of hydrogen-bond donors (Lipinski definition) is 2. The third-order valence-corrected chi connectivity index (χ3v) is 5.88. The monoisotopic (exact) mass is 417 g/mol. The Morgan fingerprint density at radius 1 is 1.18 bits per heavy atom. The third-order valence-electron chi connectivity index (χ3n) is 4.25. The molecule has 3 aromatic rings. The second kappa shape index (κ2) is 9.70. The molecule has 3 aromatic heterocycles. The van der Waals surface area contributed by atoms with Gasteiger partial charge < -0.3 is 10.6 Å². The fourth-order valence-electron chi connectivity index (χ4n) is 3.00. The largest absolute Gasteiger partial charge is 0.348 e. The quantitative estimate of drug-likeness (QED) is 0.559. The number of nitrogens with one attached hydrogen (secondary N) is 2. The molecule has 3 rings (SSSR count). The number of amides is 2. The van der Waals surface area contributed by atoms with Crippen molar-refractivity contribution in [3.05, 3.63) is 52.6 Å². The molecule has 0 aliphatic rings. The molecule has 0 radical (unpaired) electrons. The van der Waals surface area contributed by atoms with Gasteiger partial charge in [-0.25, -0.2) is 0 Å². The minimum atomic E-state index is -0.339. The number of hydrogen-bond acceptors (Lipinski definition) is 6. The van der Waals surface area contributed by atoms with Crippen LogP contribution in [0, 0.1) is 0 Å². The summed E-state index contributed by atoms with van der Waals surface area (Å²) in [5.74, 6) is 1.30. The Hall–Kier alpha value is -2.39. The Labute approximate surface area is 171 Å². The third kappa shape index (κ3) is 5.11. The standard InChI is InChI=1S/C19H23N5O2S2/c1-13(25)20-15(16-6-5-10-28-16)12-18(26)21-14(8-11-27-2)19-23-22-17-7-3-4-9-24(17)19/h3-7,9-10,14-15H,8,11-12H2,1-2H3,(H,20,25)(H,21,26). The van der Waals surface area contributed by atoms with Crippen LogP contribution in [0.1, 0.15) is 42.6 Å². The van der Waals surface area contributed by atoms with Crippen LogP contribution in [0.4, 0.5) is 0 Å². The Kier molecular flexibility index (Phi) is 7.05. The van der Waals surface area contributed by atoms with E-state index in [0.717, 1.165) is 22.7 Å². The number of rotatable bonds is 9. The lowest BCUT2D eigenvalue weighted by atomic mass is 10.1. The number of nitrogens with zero attached hydrogens (tertiary/aromatic N) is 3. The maximum atomic E-state index is 12.8. The maximum absolute atomic E-state index is 12.8. The molecule has 9 heteroatoms. The lowest BCUT2D eigenvalue weighted by Crippen LogP contribution is -2.35. The minimum absolute atomic E-state index is 0.133. The van der Waals surface area contributed by atoms with E-state index in [9.17, 15) is 9.59 Å². The zero-order valence-electron chi connectivity index (χ0n) is 15.8. The van der Waals surface area contributed by atoms with Gasteiger partial charge in [0.2, 0.25) is 11.8 Å². The maximum Gasteiger partial charge on any atom is 0.223 e. The second-order valence-corrected chi connectivity index (χ2v) is 8.33. The summed E-state index contributed by atoms with van der Waals surface area (Å²) < 4.78 is 1.90. The molecule has 2 amide bonds. The van der Waals surface area contributed by atoms with E-state index in [0.29, 0.717) is 5.82 Å². The van der Waals surface area contributed by atoms with Crippen LogP contribution >= 0.6 is 23.1 Å². The van der Waals surface area contributed by atoms with Crippen LogP contribution in [0.25, 0.3) is 5.65 Å². The Morgan fingerprint density at radius 3 is 2.75 bits per heavy atom. The summed E-state index contributed by atoms with van der Waals surface area (Å²) >= 11 is 3.24. The van der Waals surface area contributed by atoms with Crippen LogP contribution in [0.5, 0.6) is 0 Å². The van der Waals surface area contributed by atoms with E-state index >= 15 is 0 Å². The summed E-state index contributed by atoms with van der Waals surface area (Å²) in [6.07, 6.45) is 4.85. The van der Waals surface area contributed by atoms with Gasteiger partial charge in [0.05, 0.1) is 18.5 Å². The summed E-state index contributed by atoms with van der Waals surface area (Å²) in [4.78, 5) is 25.3. The smallest absolute Gasteiger partial charge is 0.223 e. The van der Waals surface area contributed by atoms with Crippen LogP contribution in [0.3, 0.4) is 0 Å². The summed E-state index contributed by atoms with van der Waals surface area (Å²) in [5.41, 5.74) is 0.746. The topological polar surface area (TPSA) is 88.4 Å². The van der Waals surface area contributed by atoms with Gasteiger partial charge in [-0.15, -0.1) is 21.5 Å². The van der Waals surface area contributed by atoms with Crippen molar-refractivity contribution in [3.63, 3.8) is 0 Å². The number of aromatic nitrogens is 3. The zero-order chi connectivity index (χ0) is 19.9. The number of pyridine rings is 1. The first-order valence-electron chi connectivity index (χ1n) is 8.97. The summed E-state index contributed by atoms with van der Waals surface area (Å²) in [6.45, 7) is 1.46. The summed E-state index contributed by atoms with van der Waals surface area (Å²) in [5, 5.41) is 16.4. The Balaban J connectivity index is 1.76. The van der Waals surface area contributed by atoms with Gasteiger partial charge in [-0.05, 0) is 42.0 Å². The van der Waals surface area contributed by atoms with Crippen molar-refractivity contribution in [2.24, 2.45) is 0 Å². The van der Waals surface area contributed by atoms with E-state index in [1.54, 1.807) is 11.8 Å². The number of carbonyl (C=O) groups is 2. The van der Waals surface area contributed by atoms with E-state index in [4.69, 9.17) is 0 Å². The number of thioether (sulfide) groups is 1. The fourth-order valence-corrected chi connectivity index (χ4v) is 4.24. The normalized spacial score (nSPS) is 13.2. The lowest BCUT2D eigenvalue weighted by molar-refractivity contribution is -0.123. The van der Waals surface area contributed by atoms with Crippen LogP contribution in [-0.4, -0.2) is 38.4 Å². The van der Waals surface area contributed by atoms with Gasteiger partial charge in [-0.3, -0.25) is 14.0 Å². The van der Waals surface area contributed by atoms with Crippen molar-refractivity contribution in [2.45, 2.75) is 31.8 Å². The van der Waals surface area contributed by atoms with Gasteiger partial charge in [0.25, 0.3) is 0 Å². The highest BCUT2D eigenvalue weighted by Crippen LogP contribution is 2.23. The van der Waals surface area contributed by atoms with Crippen molar-refractivity contribution < 1.29 is 9.59 Å². The van der Waals surface area contributed by atoms with Crippen LogP contribution in [-0.2, 0) is 9.59 Å². The van der Waals surface area contributed by atoms with Gasteiger partial charge in [0.1, 0.15) is 0 Å². The molecule has 0 saturated carbocycles. The summed E-state index contributed by atoms with van der Waals surface area (Å²) in [7, 11) is 0. The van der Waals surface area contributed by atoms with E-state index in [2.05, 4.69) is 20.8 Å². The van der Waals surface area contributed by atoms with Gasteiger partial charge in [0, 0.05) is 18.0 Å². The molecule has 2 N–H and O–H groups in total. The predicted octanol–water partition coefficient (Wildman–Crippen LogP) is 2.97. The highest BCUT2D eigenvalue weighted by Gasteiger charge is 2.23. The molecule has 0 aliphatic heterocycles. The molecular formula is C19H23N5O2S2. The zero-order valence-corrected chi connectivity index (χ0v) is 17.4. The summed E-state index contributed by atoms with van der Waals surface area (Å²) in [6, 6.07) is 8.95. The Bertz CT molecular complexity index is 925.